The van der Waals surface area contributed by atoms with Crippen molar-refractivity contribution >= 4 is 41.9 Å². The van der Waals surface area contributed by atoms with E-state index in [9.17, 15) is 9.59 Å². The highest BCUT2D eigenvalue weighted by molar-refractivity contribution is 9.10. The van der Waals surface area contributed by atoms with Crippen molar-refractivity contribution in [3.63, 3.8) is 0 Å². The number of benzene rings is 1. The predicted molar refractivity (Wildman–Crippen MR) is 146 cm³/mol. The average Bonchev–Trinajstić information content (AvgIpc) is 3.50. The Labute approximate surface area is 232 Å². The van der Waals surface area contributed by atoms with E-state index in [4.69, 9.17) is 14.6 Å². The van der Waals surface area contributed by atoms with E-state index in [1.165, 1.54) is 7.11 Å². The molecule has 1 saturated heterocycles. The minimum atomic E-state index is -3.26. The number of aliphatic hydroxyl groups is 1. The lowest BCUT2D eigenvalue weighted by Crippen LogP contribution is -2.45. The summed E-state index contributed by atoms with van der Waals surface area (Å²) in [6, 6.07) is 5.72. The van der Waals surface area contributed by atoms with Crippen LogP contribution in [0.1, 0.15) is 43.9 Å². The summed E-state index contributed by atoms with van der Waals surface area (Å²) in [5.41, 5.74) is 0.532. The van der Waals surface area contributed by atoms with Gasteiger partial charge in [-0.25, -0.2) is 0 Å². The number of amides is 1. The minimum Gasteiger partial charge on any atom is -0.469 e. The second-order valence-electron chi connectivity index (χ2n) is 10.7. The van der Waals surface area contributed by atoms with Crippen LogP contribution in [0, 0.1) is 5.92 Å². The van der Waals surface area contributed by atoms with E-state index in [-0.39, 0.29) is 30.8 Å². The SMILES string of the molecule is COC(=O)CCCCN1C(=O)[C@]2(O[C@H](CCn3cc(CCO)nn3)[C@@H]([Si](C)(C)F)[C@@H]2C)c2cc(Br)ccc21. The van der Waals surface area contributed by atoms with Gasteiger partial charge in [-0.15, -0.1) is 5.10 Å². The molecule has 9 nitrogen and oxygen atoms in total. The standard InChI is InChI=1S/C26H36BrFN4O5Si/c1-17-24(38(3,4)28)22(10-13-31-16-19(11-14-33)29-30-31)37-26(17)20-15-18(27)8-9-21(20)32(25(26)35)12-6-5-7-23(34)36-2/h8-9,15-17,22,24,33H,5-7,10-14H2,1-4H3/t17-,22+,24-,26+/m0/s1. The lowest BCUT2D eigenvalue weighted by molar-refractivity contribution is -0.146. The molecule has 4 atom stereocenters. The first-order valence-corrected chi connectivity index (χ1v) is 16.8. The highest BCUT2D eigenvalue weighted by atomic mass is 79.9. The Bertz CT molecular complexity index is 1170. The van der Waals surface area contributed by atoms with E-state index in [0.29, 0.717) is 44.5 Å². The number of rotatable bonds is 11. The van der Waals surface area contributed by atoms with Crippen LogP contribution in [0.5, 0.6) is 0 Å². The van der Waals surface area contributed by atoms with Crippen LogP contribution < -0.4 is 4.90 Å². The number of esters is 1. The molecule has 3 heterocycles. The van der Waals surface area contributed by atoms with E-state index in [0.717, 1.165) is 15.7 Å². The molecule has 1 spiro atoms. The number of aliphatic hydroxyl groups excluding tert-OH is 1. The summed E-state index contributed by atoms with van der Waals surface area (Å²) in [5, 5.41) is 17.4. The molecule has 2 aliphatic rings. The number of hydrogen-bond donors (Lipinski definition) is 1. The van der Waals surface area contributed by atoms with Gasteiger partial charge in [0.05, 0.1) is 24.6 Å². The molecule has 38 heavy (non-hydrogen) atoms. The molecule has 0 radical (unpaired) electrons. The molecule has 208 valence electrons. The third kappa shape index (κ3) is 5.45. The molecule has 1 fully saturated rings. The van der Waals surface area contributed by atoms with Gasteiger partial charge in [0, 0.05) is 60.2 Å². The summed E-state index contributed by atoms with van der Waals surface area (Å²) >= 11 is 3.55. The maximum atomic E-state index is 15.9. The number of carbonyl (C=O) groups is 2. The van der Waals surface area contributed by atoms with E-state index in [1.807, 2.05) is 25.1 Å². The molecule has 1 N–H and O–H groups in total. The van der Waals surface area contributed by atoms with Gasteiger partial charge >= 0.3 is 5.97 Å². The summed E-state index contributed by atoms with van der Waals surface area (Å²) in [4.78, 5) is 27.5. The summed E-state index contributed by atoms with van der Waals surface area (Å²) in [6.45, 7) is 6.19. The van der Waals surface area contributed by atoms with Crippen molar-refractivity contribution in [1.29, 1.82) is 0 Å². The fourth-order valence-electron chi connectivity index (χ4n) is 6.09. The Morgan fingerprint density at radius 1 is 1.32 bits per heavy atom. The van der Waals surface area contributed by atoms with Gasteiger partial charge in [-0.05, 0) is 50.6 Å². The lowest BCUT2D eigenvalue weighted by Gasteiger charge is -2.31. The molecule has 2 aliphatic heterocycles. The normalized spacial score (nSPS) is 24.9. The van der Waals surface area contributed by atoms with Crippen molar-refractivity contribution in [3.05, 3.63) is 40.1 Å². The fraction of sp³-hybridized carbons (Fsp3) is 0.615. The van der Waals surface area contributed by atoms with E-state index < -0.39 is 25.7 Å². The molecular weight excluding hydrogens is 575 g/mol. The highest BCUT2D eigenvalue weighted by Gasteiger charge is 2.66. The van der Waals surface area contributed by atoms with Crippen molar-refractivity contribution in [1.82, 2.24) is 15.0 Å². The largest absolute Gasteiger partial charge is 0.469 e. The zero-order valence-corrected chi connectivity index (χ0v) is 24.9. The van der Waals surface area contributed by atoms with Gasteiger partial charge in [-0.3, -0.25) is 14.3 Å². The number of unbranched alkanes of at least 4 members (excludes halogenated alkanes) is 1. The van der Waals surface area contributed by atoms with Crippen LogP contribution in [0.2, 0.25) is 18.6 Å². The third-order valence-electron chi connectivity index (χ3n) is 7.76. The van der Waals surface area contributed by atoms with Gasteiger partial charge in [-0.1, -0.05) is 28.1 Å². The van der Waals surface area contributed by atoms with Crippen molar-refractivity contribution in [2.75, 3.05) is 25.2 Å². The quantitative estimate of drug-likeness (QED) is 0.176. The van der Waals surface area contributed by atoms with Gasteiger partial charge < -0.3 is 23.6 Å². The maximum Gasteiger partial charge on any atom is 0.305 e. The molecule has 0 bridgehead atoms. The van der Waals surface area contributed by atoms with Gasteiger partial charge in [0.2, 0.25) is 8.41 Å². The monoisotopic (exact) mass is 610 g/mol. The Kier molecular flexibility index (Phi) is 8.75. The van der Waals surface area contributed by atoms with Gasteiger partial charge in [0.25, 0.3) is 5.91 Å². The van der Waals surface area contributed by atoms with Gasteiger partial charge in [0.1, 0.15) is 0 Å². The lowest BCUT2D eigenvalue weighted by atomic mass is 9.82. The average molecular weight is 612 g/mol. The Morgan fingerprint density at radius 3 is 2.76 bits per heavy atom. The number of anilines is 1. The number of hydrogen-bond acceptors (Lipinski definition) is 7. The zero-order chi connectivity index (χ0) is 27.7. The van der Waals surface area contributed by atoms with Crippen LogP contribution in [-0.2, 0) is 37.6 Å². The number of fused-ring (bicyclic) bond motifs is 2. The molecule has 1 amide bonds. The number of nitrogens with zero attached hydrogens (tertiary/aromatic N) is 4. The van der Waals surface area contributed by atoms with Crippen LogP contribution in [0.3, 0.4) is 0 Å². The van der Waals surface area contributed by atoms with Crippen molar-refractivity contribution in [2.45, 2.75) is 75.9 Å². The van der Waals surface area contributed by atoms with Gasteiger partial charge in [-0.2, -0.15) is 0 Å². The van der Waals surface area contributed by atoms with Gasteiger partial charge in [0.15, 0.2) is 5.60 Å². The summed E-state index contributed by atoms with van der Waals surface area (Å²) in [6.07, 6.45) is 3.71. The number of aryl methyl sites for hydroxylation is 1. The van der Waals surface area contributed by atoms with E-state index in [2.05, 4.69) is 26.2 Å². The first kappa shape index (κ1) is 28.8. The molecule has 0 saturated carbocycles. The van der Waals surface area contributed by atoms with Crippen LogP contribution >= 0.6 is 15.9 Å². The third-order valence-corrected chi connectivity index (χ3v) is 10.7. The molecule has 12 heteroatoms. The molecule has 4 rings (SSSR count). The summed E-state index contributed by atoms with van der Waals surface area (Å²) in [5.74, 6) is -0.823. The smallest absolute Gasteiger partial charge is 0.305 e. The number of aromatic nitrogens is 3. The highest BCUT2D eigenvalue weighted by Crippen LogP contribution is 2.60. The Balaban J connectivity index is 1.62. The minimum absolute atomic E-state index is 0.00948. The van der Waals surface area contributed by atoms with Crippen LogP contribution in [-0.4, -0.2) is 66.7 Å². The molecule has 2 aromatic rings. The Morgan fingerprint density at radius 2 is 2.08 bits per heavy atom. The number of carbonyl (C=O) groups excluding carboxylic acids is 2. The first-order valence-electron chi connectivity index (χ1n) is 13.1. The predicted octanol–water partition coefficient (Wildman–Crippen LogP) is 4.13. The molecular formula is C26H36BrFN4O5Si. The second kappa shape index (κ2) is 11.5. The van der Waals surface area contributed by atoms with Crippen LogP contribution in [0.25, 0.3) is 0 Å². The number of ether oxygens (including phenoxy) is 2. The number of methoxy groups -OCH3 is 1. The maximum absolute atomic E-state index is 15.9. The molecule has 0 unspecified atom stereocenters. The van der Waals surface area contributed by atoms with E-state index in [1.54, 1.807) is 28.9 Å². The van der Waals surface area contributed by atoms with Crippen molar-refractivity contribution in [2.24, 2.45) is 5.92 Å². The van der Waals surface area contributed by atoms with Crippen LogP contribution in [0.15, 0.2) is 28.9 Å². The second-order valence-corrected chi connectivity index (χ2v) is 15.4. The molecule has 1 aromatic carbocycles. The number of halogens is 2. The topological polar surface area (TPSA) is 107 Å². The first-order chi connectivity index (χ1) is 18.0. The molecule has 1 aromatic heterocycles. The van der Waals surface area contributed by atoms with Crippen molar-refractivity contribution < 1.29 is 28.3 Å². The van der Waals surface area contributed by atoms with Crippen molar-refractivity contribution in [3.8, 4) is 0 Å². The molecule has 0 aliphatic carbocycles. The zero-order valence-electron chi connectivity index (χ0n) is 22.3. The summed E-state index contributed by atoms with van der Waals surface area (Å²) < 4.78 is 29.9. The van der Waals surface area contributed by atoms with E-state index >= 15 is 4.11 Å². The fourth-order valence-corrected chi connectivity index (χ4v) is 8.99. The Hall–Kier alpha value is -2.15. The van der Waals surface area contributed by atoms with Crippen LogP contribution in [0.4, 0.5) is 9.80 Å². The summed E-state index contributed by atoms with van der Waals surface area (Å²) in [7, 11) is -1.90.